The maximum Gasteiger partial charge on any atom is 0.0646 e. The SMILES string of the molecule is CC1CCCCCN1C(CN)c1ccccn1. The van der Waals surface area contributed by atoms with Crippen LogP contribution in [0.15, 0.2) is 24.4 Å². The Bertz CT molecular complexity index is 325. The van der Waals surface area contributed by atoms with Crippen LogP contribution in [0.4, 0.5) is 0 Å². The third kappa shape index (κ3) is 3.05. The van der Waals surface area contributed by atoms with Crippen molar-refractivity contribution in [2.24, 2.45) is 5.73 Å². The van der Waals surface area contributed by atoms with Crippen molar-refractivity contribution in [2.75, 3.05) is 13.1 Å². The molecule has 94 valence electrons. The van der Waals surface area contributed by atoms with Crippen molar-refractivity contribution in [3.05, 3.63) is 30.1 Å². The number of pyridine rings is 1. The standard InChI is InChI=1S/C14H23N3/c1-12-7-3-2-6-10-17(12)14(11-15)13-8-4-5-9-16-13/h4-5,8-9,12,14H,2-3,6-7,10-11,15H2,1H3. The number of likely N-dealkylation sites (tertiary alicyclic amines) is 1. The van der Waals surface area contributed by atoms with Crippen molar-refractivity contribution in [1.29, 1.82) is 0 Å². The first-order chi connectivity index (χ1) is 8.33. The molecule has 1 fully saturated rings. The van der Waals surface area contributed by atoms with Crippen LogP contribution in [0, 0.1) is 0 Å². The molecule has 0 amide bonds. The molecular weight excluding hydrogens is 210 g/mol. The molecule has 0 radical (unpaired) electrons. The summed E-state index contributed by atoms with van der Waals surface area (Å²) in [7, 11) is 0. The quantitative estimate of drug-likeness (QED) is 0.871. The van der Waals surface area contributed by atoms with Crippen LogP contribution in [0.1, 0.15) is 44.3 Å². The van der Waals surface area contributed by atoms with Crippen LogP contribution in [0.3, 0.4) is 0 Å². The zero-order valence-corrected chi connectivity index (χ0v) is 10.7. The number of aromatic nitrogens is 1. The van der Waals surface area contributed by atoms with E-state index in [1.54, 1.807) is 0 Å². The molecule has 3 nitrogen and oxygen atoms in total. The van der Waals surface area contributed by atoms with Gasteiger partial charge in [-0.25, -0.2) is 0 Å². The lowest BCUT2D eigenvalue weighted by atomic mass is 10.1. The van der Waals surface area contributed by atoms with Gasteiger partial charge in [-0.05, 0) is 38.4 Å². The molecule has 0 spiro atoms. The normalized spacial score (nSPS) is 24.2. The van der Waals surface area contributed by atoms with Gasteiger partial charge in [0.05, 0.1) is 11.7 Å². The Morgan fingerprint density at radius 1 is 1.41 bits per heavy atom. The van der Waals surface area contributed by atoms with E-state index in [1.807, 2.05) is 18.3 Å². The van der Waals surface area contributed by atoms with Crippen molar-refractivity contribution < 1.29 is 0 Å². The minimum atomic E-state index is 0.282. The van der Waals surface area contributed by atoms with E-state index >= 15 is 0 Å². The molecule has 0 aliphatic carbocycles. The first-order valence-corrected chi connectivity index (χ1v) is 6.69. The number of rotatable bonds is 3. The van der Waals surface area contributed by atoms with E-state index in [4.69, 9.17) is 5.73 Å². The third-order valence-corrected chi connectivity index (χ3v) is 3.76. The van der Waals surface area contributed by atoms with E-state index in [9.17, 15) is 0 Å². The minimum absolute atomic E-state index is 0.282. The summed E-state index contributed by atoms with van der Waals surface area (Å²) in [5, 5.41) is 0. The summed E-state index contributed by atoms with van der Waals surface area (Å²) in [5.74, 6) is 0. The van der Waals surface area contributed by atoms with E-state index in [0.29, 0.717) is 12.6 Å². The summed E-state index contributed by atoms with van der Waals surface area (Å²) >= 11 is 0. The molecular formula is C14H23N3. The minimum Gasteiger partial charge on any atom is -0.329 e. The Morgan fingerprint density at radius 2 is 2.29 bits per heavy atom. The maximum absolute atomic E-state index is 5.97. The molecule has 2 atom stereocenters. The van der Waals surface area contributed by atoms with Gasteiger partial charge in [-0.1, -0.05) is 18.9 Å². The predicted octanol–water partition coefficient (Wildman–Crippen LogP) is 2.35. The lowest BCUT2D eigenvalue weighted by Gasteiger charge is -2.34. The van der Waals surface area contributed by atoms with Crippen LogP contribution in [0.2, 0.25) is 0 Å². The van der Waals surface area contributed by atoms with Crippen LogP contribution in [-0.4, -0.2) is 29.0 Å². The molecule has 1 aromatic heterocycles. The average Bonchev–Trinajstić information content (AvgIpc) is 2.58. The highest BCUT2D eigenvalue weighted by atomic mass is 15.2. The highest BCUT2D eigenvalue weighted by molar-refractivity contribution is 5.10. The van der Waals surface area contributed by atoms with Gasteiger partial charge in [-0.2, -0.15) is 0 Å². The summed E-state index contributed by atoms with van der Waals surface area (Å²) < 4.78 is 0. The molecule has 3 heteroatoms. The molecule has 1 aliphatic rings. The largest absolute Gasteiger partial charge is 0.329 e. The van der Waals surface area contributed by atoms with Gasteiger partial charge in [-0.15, -0.1) is 0 Å². The number of hydrogen-bond donors (Lipinski definition) is 1. The predicted molar refractivity (Wildman–Crippen MR) is 70.7 cm³/mol. The fourth-order valence-electron chi connectivity index (χ4n) is 2.76. The molecule has 17 heavy (non-hydrogen) atoms. The molecule has 2 N–H and O–H groups in total. The van der Waals surface area contributed by atoms with Crippen LogP contribution in [0.5, 0.6) is 0 Å². The van der Waals surface area contributed by atoms with Crippen molar-refractivity contribution in [1.82, 2.24) is 9.88 Å². The van der Waals surface area contributed by atoms with Gasteiger partial charge < -0.3 is 5.73 Å². The molecule has 2 heterocycles. The Balaban J connectivity index is 2.16. The van der Waals surface area contributed by atoms with Gasteiger partial charge in [0, 0.05) is 18.8 Å². The van der Waals surface area contributed by atoms with Gasteiger partial charge in [0.1, 0.15) is 0 Å². The van der Waals surface area contributed by atoms with E-state index in [-0.39, 0.29) is 6.04 Å². The summed E-state index contributed by atoms with van der Waals surface area (Å²) in [4.78, 5) is 7.01. The highest BCUT2D eigenvalue weighted by Crippen LogP contribution is 2.25. The Morgan fingerprint density at radius 3 is 3.00 bits per heavy atom. The number of nitrogens with zero attached hydrogens (tertiary/aromatic N) is 2. The smallest absolute Gasteiger partial charge is 0.0646 e. The van der Waals surface area contributed by atoms with Crippen molar-refractivity contribution >= 4 is 0 Å². The molecule has 2 unspecified atom stereocenters. The number of nitrogens with two attached hydrogens (primary N) is 1. The third-order valence-electron chi connectivity index (χ3n) is 3.76. The Kier molecular flexibility index (Phi) is 4.51. The fraction of sp³-hybridized carbons (Fsp3) is 0.643. The van der Waals surface area contributed by atoms with Crippen molar-refractivity contribution in [3.63, 3.8) is 0 Å². The topological polar surface area (TPSA) is 42.1 Å². The summed E-state index contributed by atoms with van der Waals surface area (Å²) in [5.41, 5.74) is 7.08. The van der Waals surface area contributed by atoms with E-state index in [0.717, 1.165) is 12.2 Å². The van der Waals surface area contributed by atoms with Gasteiger partial charge in [0.2, 0.25) is 0 Å². The van der Waals surface area contributed by atoms with Crippen molar-refractivity contribution in [2.45, 2.75) is 44.7 Å². The van der Waals surface area contributed by atoms with Gasteiger partial charge in [0.25, 0.3) is 0 Å². The van der Waals surface area contributed by atoms with E-state index < -0.39 is 0 Å². The van der Waals surface area contributed by atoms with Gasteiger partial charge in [0.15, 0.2) is 0 Å². The lowest BCUT2D eigenvalue weighted by molar-refractivity contribution is 0.148. The summed E-state index contributed by atoms with van der Waals surface area (Å²) in [6.07, 6.45) is 7.12. The Hall–Kier alpha value is -0.930. The molecule has 0 saturated carbocycles. The summed E-state index contributed by atoms with van der Waals surface area (Å²) in [6, 6.07) is 7.00. The zero-order chi connectivity index (χ0) is 12.1. The van der Waals surface area contributed by atoms with Crippen LogP contribution in [0.25, 0.3) is 0 Å². The zero-order valence-electron chi connectivity index (χ0n) is 10.7. The van der Waals surface area contributed by atoms with Crippen LogP contribution in [-0.2, 0) is 0 Å². The molecule has 0 aromatic carbocycles. The lowest BCUT2D eigenvalue weighted by Crippen LogP contribution is -2.40. The summed E-state index contributed by atoms with van der Waals surface area (Å²) in [6.45, 7) is 4.12. The average molecular weight is 233 g/mol. The van der Waals surface area contributed by atoms with Crippen LogP contribution < -0.4 is 5.73 Å². The van der Waals surface area contributed by atoms with Gasteiger partial charge >= 0.3 is 0 Å². The molecule has 1 aliphatic heterocycles. The molecule has 1 saturated heterocycles. The molecule has 0 bridgehead atoms. The van der Waals surface area contributed by atoms with Gasteiger partial charge in [-0.3, -0.25) is 9.88 Å². The maximum atomic E-state index is 5.97. The second kappa shape index (κ2) is 6.12. The van der Waals surface area contributed by atoms with E-state index in [1.165, 1.54) is 25.7 Å². The highest BCUT2D eigenvalue weighted by Gasteiger charge is 2.25. The number of hydrogen-bond acceptors (Lipinski definition) is 3. The van der Waals surface area contributed by atoms with Crippen LogP contribution >= 0.6 is 0 Å². The second-order valence-electron chi connectivity index (χ2n) is 4.94. The van der Waals surface area contributed by atoms with E-state index in [2.05, 4.69) is 22.9 Å². The Labute approximate surface area is 104 Å². The first-order valence-electron chi connectivity index (χ1n) is 6.69. The monoisotopic (exact) mass is 233 g/mol. The fourth-order valence-corrected chi connectivity index (χ4v) is 2.76. The van der Waals surface area contributed by atoms with Crippen molar-refractivity contribution in [3.8, 4) is 0 Å². The second-order valence-corrected chi connectivity index (χ2v) is 4.94. The molecule has 2 rings (SSSR count). The first kappa shape index (κ1) is 12.5. The molecule has 1 aromatic rings.